The minimum Gasteiger partial charge on any atom is -0.491 e. The summed E-state index contributed by atoms with van der Waals surface area (Å²) in [6, 6.07) is 5.53. The van der Waals surface area contributed by atoms with Crippen LogP contribution in [-0.4, -0.2) is 30.3 Å². The van der Waals surface area contributed by atoms with Crippen LogP contribution < -0.4 is 4.74 Å². The molecule has 0 saturated heterocycles. The molecular weight excluding hydrogens is 228 g/mol. The number of ether oxygens (including phenoxy) is 2. The molecule has 1 aromatic heterocycles. The number of benzene rings is 1. The monoisotopic (exact) mass is 238 g/mol. The van der Waals surface area contributed by atoms with Crippen LogP contribution in [0.25, 0.3) is 10.9 Å². The highest BCUT2D eigenvalue weighted by Crippen LogP contribution is 2.23. The molecule has 0 amide bonds. The Hall–Kier alpha value is -1.39. The summed E-state index contributed by atoms with van der Waals surface area (Å²) in [6.45, 7) is 1.06. The fraction of sp³-hybridized carbons (Fsp3) is 0.273. The van der Waals surface area contributed by atoms with Crippen molar-refractivity contribution in [3.8, 4) is 5.75 Å². The van der Waals surface area contributed by atoms with Gasteiger partial charge >= 0.3 is 0 Å². The summed E-state index contributed by atoms with van der Waals surface area (Å²) in [4.78, 5) is 8.02. The molecule has 0 radical (unpaired) electrons. The Morgan fingerprint density at radius 3 is 2.94 bits per heavy atom. The first-order valence-corrected chi connectivity index (χ1v) is 5.21. The third-order valence-electron chi connectivity index (χ3n) is 2.11. The van der Waals surface area contributed by atoms with Gasteiger partial charge in [0.15, 0.2) is 0 Å². The van der Waals surface area contributed by atoms with Crippen LogP contribution in [-0.2, 0) is 4.74 Å². The molecule has 0 spiro atoms. The van der Waals surface area contributed by atoms with E-state index >= 15 is 0 Å². The highest BCUT2D eigenvalue weighted by Gasteiger charge is 2.02. The number of methoxy groups -OCH3 is 1. The molecule has 5 heteroatoms. The van der Waals surface area contributed by atoms with Gasteiger partial charge in [0.2, 0.25) is 0 Å². The standard InChI is InChI=1S/C11H11ClN2O2/c1-15-4-5-16-8-2-3-10-9(6-8)11(12)14-7-13-10/h2-3,6-7H,4-5H2,1H3. The number of hydrogen-bond acceptors (Lipinski definition) is 4. The molecule has 0 bridgehead atoms. The van der Waals surface area contributed by atoms with Gasteiger partial charge in [0.05, 0.1) is 12.1 Å². The molecule has 1 aromatic carbocycles. The van der Waals surface area contributed by atoms with Gasteiger partial charge in [-0.2, -0.15) is 0 Å². The van der Waals surface area contributed by atoms with Crippen LogP contribution in [0.5, 0.6) is 5.75 Å². The number of halogens is 1. The summed E-state index contributed by atoms with van der Waals surface area (Å²) in [5.74, 6) is 0.737. The van der Waals surface area contributed by atoms with Crippen LogP contribution in [0.2, 0.25) is 5.15 Å². The molecule has 0 unspecified atom stereocenters. The second-order valence-electron chi connectivity index (χ2n) is 3.18. The summed E-state index contributed by atoms with van der Waals surface area (Å²) in [6.07, 6.45) is 1.44. The summed E-state index contributed by atoms with van der Waals surface area (Å²) >= 11 is 5.96. The van der Waals surface area contributed by atoms with Crippen molar-refractivity contribution in [1.82, 2.24) is 9.97 Å². The summed E-state index contributed by atoms with van der Waals surface area (Å²) < 4.78 is 10.4. The first-order chi connectivity index (χ1) is 7.81. The largest absolute Gasteiger partial charge is 0.491 e. The van der Waals surface area contributed by atoms with E-state index in [0.29, 0.717) is 18.4 Å². The van der Waals surface area contributed by atoms with E-state index in [0.717, 1.165) is 16.7 Å². The zero-order valence-corrected chi connectivity index (χ0v) is 9.57. The Morgan fingerprint density at radius 2 is 2.12 bits per heavy atom. The van der Waals surface area contributed by atoms with E-state index in [-0.39, 0.29) is 0 Å². The number of aromatic nitrogens is 2. The maximum Gasteiger partial charge on any atom is 0.140 e. The van der Waals surface area contributed by atoms with Crippen LogP contribution in [0.15, 0.2) is 24.5 Å². The molecule has 0 saturated carbocycles. The molecule has 2 aromatic rings. The predicted molar refractivity (Wildman–Crippen MR) is 61.9 cm³/mol. The Balaban J connectivity index is 2.25. The quantitative estimate of drug-likeness (QED) is 0.606. The van der Waals surface area contributed by atoms with Crippen LogP contribution in [0.4, 0.5) is 0 Å². The molecule has 0 aliphatic carbocycles. The van der Waals surface area contributed by atoms with E-state index in [1.54, 1.807) is 7.11 Å². The molecule has 16 heavy (non-hydrogen) atoms. The maximum absolute atomic E-state index is 5.96. The van der Waals surface area contributed by atoms with Crippen molar-refractivity contribution >= 4 is 22.5 Å². The predicted octanol–water partition coefficient (Wildman–Crippen LogP) is 2.31. The van der Waals surface area contributed by atoms with E-state index < -0.39 is 0 Å². The first-order valence-electron chi connectivity index (χ1n) is 4.83. The molecule has 0 fully saturated rings. The Morgan fingerprint density at radius 1 is 1.25 bits per heavy atom. The minimum atomic E-state index is 0.433. The molecule has 0 atom stereocenters. The lowest BCUT2D eigenvalue weighted by atomic mass is 10.2. The summed E-state index contributed by atoms with van der Waals surface area (Å²) in [5, 5.41) is 1.22. The lowest BCUT2D eigenvalue weighted by Gasteiger charge is -2.06. The Bertz CT molecular complexity index is 490. The molecule has 1 heterocycles. The van der Waals surface area contributed by atoms with Gasteiger partial charge in [0, 0.05) is 12.5 Å². The normalized spacial score (nSPS) is 10.6. The van der Waals surface area contributed by atoms with Gasteiger partial charge < -0.3 is 9.47 Å². The Kier molecular flexibility index (Phi) is 3.54. The molecule has 0 aliphatic rings. The Labute approximate surface area is 98.2 Å². The molecule has 4 nitrogen and oxygen atoms in total. The molecule has 0 N–H and O–H groups in total. The highest BCUT2D eigenvalue weighted by molar-refractivity contribution is 6.34. The van der Waals surface area contributed by atoms with E-state index in [2.05, 4.69) is 9.97 Å². The van der Waals surface area contributed by atoms with E-state index in [4.69, 9.17) is 21.1 Å². The average Bonchev–Trinajstić information content (AvgIpc) is 2.30. The second-order valence-corrected chi connectivity index (χ2v) is 3.54. The third-order valence-corrected chi connectivity index (χ3v) is 2.42. The van der Waals surface area contributed by atoms with Gasteiger partial charge in [-0.05, 0) is 18.2 Å². The first kappa shape index (κ1) is 11.1. The average molecular weight is 239 g/mol. The van der Waals surface area contributed by atoms with Crippen molar-refractivity contribution in [3.05, 3.63) is 29.7 Å². The van der Waals surface area contributed by atoms with Gasteiger partial charge in [0.1, 0.15) is 23.8 Å². The van der Waals surface area contributed by atoms with Gasteiger partial charge in [-0.1, -0.05) is 11.6 Å². The van der Waals surface area contributed by atoms with Crippen molar-refractivity contribution in [2.24, 2.45) is 0 Å². The van der Waals surface area contributed by atoms with Crippen LogP contribution >= 0.6 is 11.6 Å². The summed E-state index contributed by atoms with van der Waals surface area (Å²) in [7, 11) is 1.63. The van der Waals surface area contributed by atoms with Crippen LogP contribution in [0.3, 0.4) is 0 Å². The topological polar surface area (TPSA) is 44.2 Å². The lowest BCUT2D eigenvalue weighted by molar-refractivity contribution is 0.146. The number of hydrogen-bond donors (Lipinski definition) is 0. The van der Waals surface area contributed by atoms with Crippen molar-refractivity contribution < 1.29 is 9.47 Å². The fourth-order valence-corrected chi connectivity index (χ4v) is 1.53. The smallest absolute Gasteiger partial charge is 0.140 e. The molecule has 84 valence electrons. The van der Waals surface area contributed by atoms with Crippen molar-refractivity contribution in [2.75, 3.05) is 20.3 Å². The van der Waals surface area contributed by atoms with Gasteiger partial charge in [-0.15, -0.1) is 0 Å². The van der Waals surface area contributed by atoms with Gasteiger partial charge in [0.25, 0.3) is 0 Å². The maximum atomic E-state index is 5.96. The second kappa shape index (κ2) is 5.09. The van der Waals surface area contributed by atoms with Gasteiger partial charge in [-0.3, -0.25) is 0 Å². The van der Waals surface area contributed by atoms with E-state index in [1.165, 1.54) is 6.33 Å². The zero-order valence-electron chi connectivity index (χ0n) is 8.81. The SMILES string of the molecule is COCCOc1ccc2ncnc(Cl)c2c1. The van der Waals surface area contributed by atoms with Crippen LogP contribution in [0.1, 0.15) is 0 Å². The zero-order chi connectivity index (χ0) is 11.4. The van der Waals surface area contributed by atoms with Crippen molar-refractivity contribution in [1.29, 1.82) is 0 Å². The van der Waals surface area contributed by atoms with Crippen LogP contribution in [0, 0.1) is 0 Å². The van der Waals surface area contributed by atoms with E-state index in [1.807, 2.05) is 18.2 Å². The lowest BCUT2D eigenvalue weighted by Crippen LogP contribution is -2.04. The number of rotatable bonds is 4. The van der Waals surface area contributed by atoms with Crippen molar-refractivity contribution in [3.63, 3.8) is 0 Å². The summed E-state index contributed by atoms with van der Waals surface area (Å²) in [5.41, 5.74) is 0.805. The molecule has 0 aliphatic heterocycles. The highest BCUT2D eigenvalue weighted by atomic mass is 35.5. The van der Waals surface area contributed by atoms with Crippen molar-refractivity contribution in [2.45, 2.75) is 0 Å². The third kappa shape index (κ3) is 2.40. The fourth-order valence-electron chi connectivity index (χ4n) is 1.34. The molecule has 2 rings (SSSR count). The minimum absolute atomic E-state index is 0.433. The molecular formula is C11H11ClN2O2. The number of nitrogens with zero attached hydrogens (tertiary/aromatic N) is 2. The van der Waals surface area contributed by atoms with Gasteiger partial charge in [-0.25, -0.2) is 9.97 Å². The number of fused-ring (bicyclic) bond motifs is 1. The van der Waals surface area contributed by atoms with E-state index in [9.17, 15) is 0 Å².